The Labute approximate surface area is 181 Å². The second-order valence-electron chi connectivity index (χ2n) is 7.65. The van der Waals surface area contributed by atoms with Gasteiger partial charge in [0.25, 0.3) is 0 Å². The van der Waals surface area contributed by atoms with Crippen LogP contribution >= 0.6 is 0 Å². The molecule has 1 aliphatic rings. The molecule has 0 aliphatic carbocycles. The van der Waals surface area contributed by atoms with Gasteiger partial charge in [-0.1, -0.05) is 0 Å². The van der Waals surface area contributed by atoms with Crippen molar-refractivity contribution in [3.05, 3.63) is 115 Å². The van der Waals surface area contributed by atoms with E-state index in [0.29, 0.717) is 10.5 Å². The fourth-order valence-corrected chi connectivity index (χ4v) is 19.9. The molecule has 1 fully saturated rings. The number of pyridine rings is 1. The van der Waals surface area contributed by atoms with Crippen LogP contribution in [0.4, 0.5) is 5.82 Å². The molecule has 3 nitrogen and oxygen atoms in total. The van der Waals surface area contributed by atoms with Crippen molar-refractivity contribution >= 4 is 34.9 Å². The van der Waals surface area contributed by atoms with E-state index >= 15 is 0 Å². The SMILES string of the molecule is c1cc[c]([Sn]([c]2ccccc2)([c]2ccccc2)[C@@H]2CON(c3ccccn3)C2)cc1. The summed E-state index contributed by atoms with van der Waals surface area (Å²) in [5.41, 5.74) is 0. The molecule has 0 saturated carbocycles. The second kappa shape index (κ2) is 8.62. The Morgan fingerprint density at radius 2 is 1.17 bits per heavy atom. The molecule has 148 valence electrons. The molecule has 1 aromatic heterocycles. The zero-order valence-electron chi connectivity index (χ0n) is 16.8. The van der Waals surface area contributed by atoms with E-state index in [-0.39, 0.29) is 0 Å². The van der Waals surface area contributed by atoms with E-state index in [1.807, 2.05) is 29.5 Å². The summed E-state index contributed by atoms with van der Waals surface area (Å²) in [6.07, 6.45) is 1.83. The molecule has 2 heterocycles. The van der Waals surface area contributed by atoms with Crippen molar-refractivity contribution in [1.82, 2.24) is 4.98 Å². The molecule has 1 aliphatic heterocycles. The summed E-state index contributed by atoms with van der Waals surface area (Å²) in [7, 11) is 0. The molecule has 0 amide bonds. The third kappa shape index (κ3) is 3.42. The van der Waals surface area contributed by atoms with Crippen molar-refractivity contribution in [3.8, 4) is 0 Å². The predicted octanol–water partition coefficient (Wildman–Crippen LogP) is 3.37. The normalized spacial score (nSPS) is 16.5. The first-order valence-electron chi connectivity index (χ1n) is 10.4. The average Bonchev–Trinajstić information content (AvgIpc) is 3.33. The quantitative estimate of drug-likeness (QED) is 0.394. The van der Waals surface area contributed by atoms with Crippen LogP contribution in [0.1, 0.15) is 0 Å². The van der Waals surface area contributed by atoms with Crippen LogP contribution in [-0.2, 0) is 4.84 Å². The number of hydrogen-bond acceptors (Lipinski definition) is 3. The van der Waals surface area contributed by atoms with E-state index in [9.17, 15) is 0 Å². The third-order valence-electron chi connectivity index (χ3n) is 6.02. The number of benzene rings is 3. The van der Waals surface area contributed by atoms with Crippen LogP contribution in [0.15, 0.2) is 115 Å². The molecule has 0 radical (unpaired) electrons. The van der Waals surface area contributed by atoms with Gasteiger partial charge in [-0.05, 0) is 0 Å². The fourth-order valence-electron chi connectivity index (χ4n) is 4.72. The summed E-state index contributed by atoms with van der Waals surface area (Å²) < 4.78 is 4.88. The molecule has 0 N–H and O–H groups in total. The average molecular weight is 499 g/mol. The van der Waals surface area contributed by atoms with Crippen LogP contribution < -0.4 is 15.8 Å². The van der Waals surface area contributed by atoms with Gasteiger partial charge < -0.3 is 0 Å². The van der Waals surface area contributed by atoms with Gasteiger partial charge in [0.1, 0.15) is 0 Å². The van der Waals surface area contributed by atoms with Gasteiger partial charge in [0, 0.05) is 0 Å². The molecule has 0 unspecified atom stereocenters. The Morgan fingerprint density at radius 3 is 1.63 bits per heavy atom. The topological polar surface area (TPSA) is 25.4 Å². The van der Waals surface area contributed by atoms with Crippen molar-refractivity contribution in [2.24, 2.45) is 0 Å². The number of aromatic nitrogens is 1. The molecule has 4 heteroatoms. The molecule has 1 atom stereocenters. The van der Waals surface area contributed by atoms with Crippen molar-refractivity contribution in [3.63, 3.8) is 0 Å². The van der Waals surface area contributed by atoms with Crippen molar-refractivity contribution in [1.29, 1.82) is 0 Å². The summed E-state index contributed by atoms with van der Waals surface area (Å²) in [4.78, 5) is 10.8. The number of hydroxylamine groups is 1. The second-order valence-corrected chi connectivity index (χ2v) is 19.5. The molecule has 1 saturated heterocycles. The van der Waals surface area contributed by atoms with Crippen molar-refractivity contribution < 1.29 is 4.84 Å². The van der Waals surface area contributed by atoms with Crippen LogP contribution in [0.2, 0.25) is 3.93 Å². The van der Waals surface area contributed by atoms with Crippen LogP contribution in [0.5, 0.6) is 0 Å². The minimum atomic E-state index is -3.40. The molecule has 0 bridgehead atoms. The van der Waals surface area contributed by atoms with Crippen molar-refractivity contribution in [2.75, 3.05) is 18.2 Å². The van der Waals surface area contributed by atoms with Crippen molar-refractivity contribution in [2.45, 2.75) is 3.93 Å². The number of anilines is 1. The molecule has 4 aromatic rings. The van der Waals surface area contributed by atoms with E-state index in [0.717, 1.165) is 12.4 Å². The molecular weight excluding hydrogens is 475 g/mol. The van der Waals surface area contributed by atoms with Gasteiger partial charge in [0.15, 0.2) is 0 Å². The molecule has 30 heavy (non-hydrogen) atoms. The van der Waals surface area contributed by atoms with Gasteiger partial charge in [-0.2, -0.15) is 0 Å². The minimum absolute atomic E-state index is 0.425. The first-order chi connectivity index (χ1) is 14.9. The van der Waals surface area contributed by atoms with Gasteiger partial charge in [-0.3, -0.25) is 0 Å². The zero-order chi connectivity index (χ0) is 20.2. The molecule has 0 spiro atoms. The van der Waals surface area contributed by atoms with E-state index in [2.05, 4.69) is 96.0 Å². The maximum atomic E-state index is 6.25. The third-order valence-corrected chi connectivity index (χ3v) is 21.2. The number of nitrogens with zero attached hydrogens (tertiary/aromatic N) is 2. The zero-order valence-corrected chi connectivity index (χ0v) is 19.6. The monoisotopic (exact) mass is 500 g/mol. The summed E-state index contributed by atoms with van der Waals surface area (Å²) in [5.74, 6) is 0.884. The molecule has 3 aromatic carbocycles. The van der Waals surface area contributed by atoms with E-state index < -0.39 is 18.4 Å². The Morgan fingerprint density at radius 1 is 0.667 bits per heavy atom. The van der Waals surface area contributed by atoms with Gasteiger partial charge in [0.2, 0.25) is 0 Å². The van der Waals surface area contributed by atoms with Crippen LogP contribution in [0, 0.1) is 0 Å². The number of rotatable bonds is 5. The van der Waals surface area contributed by atoms with Gasteiger partial charge >= 0.3 is 182 Å². The van der Waals surface area contributed by atoms with Gasteiger partial charge in [-0.25, -0.2) is 0 Å². The summed E-state index contributed by atoms with van der Waals surface area (Å²) in [6.45, 7) is 1.57. The summed E-state index contributed by atoms with van der Waals surface area (Å²) in [6, 6.07) is 39.4. The van der Waals surface area contributed by atoms with Crippen LogP contribution in [0.25, 0.3) is 0 Å². The fraction of sp³-hybridized carbons (Fsp3) is 0.115. The Hall–Kier alpha value is -2.63. The van der Waals surface area contributed by atoms with E-state index in [4.69, 9.17) is 4.84 Å². The maximum absolute atomic E-state index is 6.25. The molecular formula is C26H24N2OSn. The number of hydrogen-bond donors (Lipinski definition) is 0. The first kappa shape index (κ1) is 19.3. The van der Waals surface area contributed by atoms with E-state index in [1.54, 1.807) is 0 Å². The Kier molecular flexibility index (Phi) is 5.56. The van der Waals surface area contributed by atoms with Crippen LogP contribution in [0.3, 0.4) is 0 Å². The Balaban J connectivity index is 1.69. The molecule has 5 rings (SSSR count). The summed E-state index contributed by atoms with van der Waals surface area (Å²) in [5, 5.41) is 1.99. The van der Waals surface area contributed by atoms with Gasteiger partial charge in [0.05, 0.1) is 0 Å². The summed E-state index contributed by atoms with van der Waals surface area (Å²) >= 11 is -3.40. The van der Waals surface area contributed by atoms with Gasteiger partial charge in [-0.15, -0.1) is 0 Å². The van der Waals surface area contributed by atoms with E-state index in [1.165, 1.54) is 10.7 Å². The Bertz CT molecular complexity index is 978. The predicted molar refractivity (Wildman–Crippen MR) is 125 cm³/mol. The first-order valence-corrected chi connectivity index (χ1v) is 16.3. The van der Waals surface area contributed by atoms with Crippen LogP contribution in [-0.4, -0.2) is 36.5 Å². The standard InChI is InChI=1S/C8H9N2O.3C6H5.Sn/c1-2-5-9-8(4-1)10-6-3-7-11-10;3*1-2-4-6-5-3-1;/h1-5H,6-7H2;3*1-5H;.